The van der Waals surface area contributed by atoms with Crippen LogP contribution in [-0.2, 0) is 9.59 Å². The summed E-state index contributed by atoms with van der Waals surface area (Å²) >= 11 is 0. The van der Waals surface area contributed by atoms with Crippen LogP contribution in [-0.4, -0.2) is 63.9 Å². The summed E-state index contributed by atoms with van der Waals surface area (Å²) < 4.78 is 0. The van der Waals surface area contributed by atoms with Crippen molar-refractivity contribution in [3.05, 3.63) is 34.9 Å². The number of carbonyl (C=O) groups excluding carboxylic acids is 5. The van der Waals surface area contributed by atoms with Crippen molar-refractivity contribution in [2.45, 2.75) is 65.0 Å². The Morgan fingerprint density at radius 2 is 1.61 bits per heavy atom. The molecule has 31 heavy (non-hydrogen) atoms. The molecule has 0 aromatic heterocycles. The van der Waals surface area contributed by atoms with Gasteiger partial charge < -0.3 is 15.0 Å². The molecule has 0 aliphatic carbocycles. The number of likely N-dealkylation sites (tertiary alicyclic amines) is 1. The molecule has 0 spiro atoms. The van der Waals surface area contributed by atoms with E-state index in [0.717, 1.165) is 0 Å². The predicted molar refractivity (Wildman–Crippen MR) is 114 cm³/mol. The van der Waals surface area contributed by atoms with Crippen molar-refractivity contribution in [3.8, 4) is 0 Å². The van der Waals surface area contributed by atoms with Crippen molar-refractivity contribution in [2.75, 3.05) is 13.1 Å². The quantitative estimate of drug-likeness (QED) is 0.726. The van der Waals surface area contributed by atoms with Gasteiger partial charge in [0.05, 0.1) is 11.1 Å². The van der Waals surface area contributed by atoms with Crippen LogP contribution in [0, 0.1) is 0 Å². The molecule has 166 valence electrons. The van der Waals surface area contributed by atoms with E-state index in [1.807, 2.05) is 0 Å². The lowest BCUT2D eigenvalue weighted by atomic mass is 10.0. The minimum Gasteiger partial charge on any atom is -0.353 e. The lowest BCUT2D eigenvalue weighted by Crippen LogP contribution is -2.46. The van der Waals surface area contributed by atoms with Crippen molar-refractivity contribution in [2.24, 2.45) is 0 Å². The molecular formula is C23H29N3O5. The fraction of sp³-hybridized carbons (Fsp3) is 0.522. The van der Waals surface area contributed by atoms with E-state index in [4.69, 9.17) is 0 Å². The number of fused-ring (bicyclic) bond motifs is 1. The third-order valence-electron chi connectivity index (χ3n) is 5.66. The average molecular weight is 428 g/mol. The first kappa shape index (κ1) is 22.7. The first-order valence-electron chi connectivity index (χ1n) is 10.6. The molecule has 8 nitrogen and oxygen atoms in total. The number of piperidine rings is 1. The molecule has 2 aliphatic heterocycles. The number of nitrogens with one attached hydrogen (secondary N) is 1. The molecule has 4 amide bonds. The molecule has 0 radical (unpaired) electrons. The summed E-state index contributed by atoms with van der Waals surface area (Å²) in [5.41, 5.74) is 0.315. The van der Waals surface area contributed by atoms with E-state index in [9.17, 15) is 24.0 Å². The Morgan fingerprint density at radius 1 is 1.00 bits per heavy atom. The summed E-state index contributed by atoms with van der Waals surface area (Å²) in [7, 11) is 0. The second-order valence-corrected chi connectivity index (χ2v) is 9.21. The minimum absolute atomic E-state index is 0.0179. The van der Waals surface area contributed by atoms with Crippen LogP contribution >= 0.6 is 0 Å². The van der Waals surface area contributed by atoms with Crippen molar-refractivity contribution >= 4 is 29.4 Å². The van der Waals surface area contributed by atoms with E-state index in [1.165, 1.54) is 17.9 Å². The molecule has 0 bridgehead atoms. The highest BCUT2D eigenvalue weighted by molar-refractivity contribution is 6.22. The highest BCUT2D eigenvalue weighted by Gasteiger charge is 2.42. The molecule has 2 aliphatic rings. The zero-order valence-electron chi connectivity index (χ0n) is 18.5. The highest BCUT2D eigenvalue weighted by atomic mass is 16.2. The Hall–Kier alpha value is -3.03. The third kappa shape index (κ3) is 4.84. The summed E-state index contributed by atoms with van der Waals surface area (Å²) in [5, 5.41) is 2.92. The van der Waals surface area contributed by atoms with Gasteiger partial charge in [-0.25, -0.2) is 0 Å². The summed E-state index contributed by atoms with van der Waals surface area (Å²) in [6.07, 6.45) is 1.66. The Morgan fingerprint density at radius 3 is 2.19 bits per heavy atom. The lowest BCUT2D eigenvalue weighted by Gasteiger charge is -2.32. The van der Waals surface area contributed by atoms with E-state index in [1.54, 1.807) is 37.8 Å². The molecule has 1 fully saturated rings. The first-order valence-corrected chi connectivity index (χ1v) is 10.6. The maximum Gasteiger partial charge on any atom is 0.262 e. The summed E-state index contributed by atoms with van der Waals surface area (Å²) in [6, 6.07) is 4.63. The molecule has 0 saturated carbocycles. The number of hydrogen-bond acceptors (Lipinski definition) is 5. The van der Waals surface area contributed by atoms with Crippen LogP contribution < -0.4 is 5.32 Å². The lowest BCUT2D eigenvalue weighted by molar-refractivity contribution is -0.125. The number of benzene rings is 1. The Bertz CT molecular complexity index is 939. The number of hydrogen-bond donors (Lipinski definition) is 1. The van der Waals surface area contributed by atoms with Gasteiger partial charge in [-0.15, -0.1) is 0 Å². The van der Waals surface area contributed by atoms with Crippen LogP contribution in [0.2, 0.25) is 0 Å². The zero-order chi connectivity index (χ0) is 22.9. The largest absolute Gasteiger partial charge is 0.353 e. The van der Waals surface area contributed by atoms with Gasteiger partial charge in [0.25, 0.3) is 17.7 Å². The predicted octanol–water partition coefficient (Wildman–Crippen LogP) is 2.17. The monoisotopic (exact) mass is 427 g/mol. The number of ketones is 1. The van der Waals surface area contributed by atoms with Crippen LogP contribution in [0.5, 0.6) is 0 Å². The number of imide groups is 1. The smallest absolute Gasteiger partial charge is 0.262 e. The topological polar surface area (TPSA) is 104 Å². The summed E-state index contributed by atoms with van der Waals surface area (Å²) in [5.74, 6) is -1.08. The van der Waals surface area contributed by atoms with Crippen molar-refractivity contribution in [1.82, 2.24) is 15.1 Å². The third-order valence-corrected chi connectivity index (χ3v) is 5.66. The molecule has 0 unspecified atom stereocenters. The van der Waals surface area contributed by atoms with E-state index >= 15 is 0 Å². The van der Waals surface area contributed by atoms with Crippen LogP contribution in [0.3, 0.4) is 0 Å². The molecule has 1 N–H and O–H groups in total. The van der Waals surface area contributed by atoms with Crippen LogP contribution in [0.25, 0.3) is 0 Å². The van der Waals surface area contributed by atoms with Gasteiger partial charge in [-0.05, 0) is 58.7 Å². The second kappa shape index (κ2) is 8.61. The molecule has 3 rings (SSSR count). The number of rotatable bonds is 5. The van der Waals surface area contributed by atoms with Crippen LogP contribution in [0.4, 0.5) is 0 Å². The number of Topliss-reactive ketones (excluding diaryl/α,β-unsaturated/α-hetero) is 1. The van der Waals surface area contributed by atoms with Crippen molar-refractivity contribution < 1.29 is 24.0 Å². The standard InChI is InChI=1S/C23H29N3O5/c1-14(27)5-8-19(28)24-16-9-11-25(12-10-16)20(29)15-6-7-17-18(13-15)22(31)26(21(17)30)23(2,3)4/h6-7,13,16H,5,8-12H2,1-4H3,(H,24,28). The Balaban J connectivity index is 1.62. The van der Waals surface area contributed by atoms with Gasteiger partial charge in [-0.2, -0.15) is 0 Å². The Kier molecular flexibility index (Phi) is 6.29. The zero-order valence-corrected chi connectivity index (χ0v) is 18.5. The van der Waals surface area contributed by atoms with Gasteiger partial charge in [0.1, 0.15) is 5.78 Å². The molecule has 1 saturated heterocycles. The highest BCUT2D eigenvalue weighted by Crippen LogP contribution is 2.30. The number of amides is 4. The average Bonchev–Trinajstić information content (AvgIpc) is 2.96. The summed E-state index contributed by atoms with van der Waals surface area (Å²) in [6.45, 7) is 7.81. The van der Waals surface area contributed by atoms with Gasteiger partial charge in [0.15, 0.2) is 0 Å². The number of nitrogens with zero attached hydrogens (tertiary/aromatic N) is 2. The van der Waals surface area contributed by atoms with Gasteiger partial charge in [0.2, 0.25) is 5.91 Å². The molecule has 1 aromatic carbocycles. The fourth-order valence-corrected chi connectivity index (χ4v) is 3.98. The van der Waals surface area contributed by atoms with Crippen LogP contribution in [0.1, 0.15) is 84.5 Å². The normalized spacial score (nSPS) is 17.0. The van der Waals surface area contributed by atoms with Gasteiger partial charge in [0, 0.05) is 43.1 Å². The van der Waals surface area contributed by atoms with Crippen LogP contribution in [0.15, 0.2) is 18.2 Å². The second-order valence-electron chi connectivity index (χ2n) is 9.21. The van der Waals surface area contributed by atoms with Gasteiger partial charge in [-0.1, -0.05) is 0 Å². The summed E-state index contributed by atoms with van der Waals surface area (Å²) in [4.78, 5) is 64.2. The maximum absolute atomic E-state index is 13.0. The molecular weight excluding hydrogens is 398 g/mol. The van der Waals surface area contributed by atoms with E-state index in [-0.39, 0.29) is 53.9 Å². The van der Waals surface area contributed by atoms with Crippen molar-refractivity contribution in [3.63, 3.8) is 0 Å². The molecule has 2 heterocycles. The van der Waals surface area contributed by atoms with Crippen molar-refractivity contribution in [1.29, 1.82) is 0 Å². The molecule has 1 aromatic rings. The minimum atomic E-state index is -0.645. The van der Waals surface area contributed by atoms with E-state index < -0.39 is 5.54 Å². The van der Waals surface area contributed by atoms with E-state index in [0.29, 0.717) is 37.1 Å². The van der Waals surface area contributed by atoms with Gasteiger partial charge in [-0.3, -0.25) is 24.1 Å². The number of carbonyl (C=O) groups is 5. The first-order chi connectivity index (χ1) is 14.5. The fourth-order valence-electron chi connectivity index (χ4n) is 3.98. The molecule has 8 heteroatoms. The SMILES string of the molecule is CC(=O)CCC(=O)NC1CCN(C(=O)c2ccc3c(c2)C(=O)N(C(C)(C)C)C3=O)CC1. The maximum atomic E-state index is 13.0. The Labute approximate surface area is 182 Å². The molecule has 0 atom stereocenters. The van der Waals surface area contributed by atoms with E-state index in [2.05, 4.69) is 5.32 Å². The van der Waals surface area contributed by atoms with Gasteiger partial charge >= 0.3 is 0 Å².